The van der Waals surface area contributed by atoms with E-state index in [1.807, 2.05) is 13.8 Å². The summed E-state index contributed by atoms with van der Waals surface area (Å²) in [6.45, 7) is 5.98. The van der Waals surface area contributed by atoms with Crippen LogP contribution in [0.4, 0.5) is 4.39 Å². The molecule has 0 unspecified atom stereocenters. The highest BCUT2D eigenvalue weighted by Gasteiger charge is 2.00. The average molecular weight is 214 g/mol. The van der Waals surface area contributed by atoms with Crippen LogP contribution in [0.5, 0.6) is 0 Å². The molecule has 2 nitrogen and oxygen atoms in total. The van der Waals surface area contributed by atoms with Crippen molar-refractivity contribution in [2.75, 3.05) is 0 Å². The fourth-order valence-corrected chi connectivity index (χ4v) is 1.30. The largest absolute Gasteiger partial charge is 0.382 e. The number of nitrogens with zero attached hydrogens (tertiary/aromatic N) is 1. The molecule has 0 spiro atoms. The number of nitrogens with two attached hydrogens (primary N) is 1. The maximum Gasteiger partial charge on any atom is 0.155 e. The van der Waals surface area contributed by atoms with Crippen molar-refractivity contribution < 1.29 is 4.39 Å². The van der Waals surface area contributed by atoms with Crippen LogP contribution < -0.4 is 5.73 Å². The van der Waals surface area contributed by atoms with Gasteiger partial charge in [-0.2, -0.15) is 0 Å². The molecule has 0 saturated carbocycles. The molecule has 0 rings (SSSR count). The zero-order valence-corrected chi connectivity index (χ0v) is 10.1. The van der Waals surface area contributed by atoms with Gasteiger partial charge >= 0.3 is 0 Å². The summed E-state index contributed by atoms with van der Waals surface area (Å²) in [5, 5.41) is 0. The summed E-state index contributed by atoms with van der Waals surface area (Å²) in [5.74, 6) is -0.224. The van der Waals surface area contributed by atoms with Crippen LogP contribution in [0.15, 0.2) is 16.6 Å². The minimum Gasteiger partial charge on any atom is -0.382 e. The first kappa shape index (κ1) is 14.1. The Morgan fingerprint density at radius 1 is 1.13 bits per heavy atom. The molecule has 0 atom stereocenters. The van der Waals surface area contributed by atoms with E-state index in [9.17, 15) is 4.39 Å². The molecule has 15 heavy (non-hydrogen) atoms. The molecule has 3 heteroatoms. The zero-order chi connectivity index (χ0) is 11.7. The van der Waals surface area contributed by atoms with E-state index in [0.29, 0.717) is 6.42 Å². The number of halogens is 1. The third-order valence-electron chi connectivity index (χ3n) is 2.20. The van der Waals surface area contributed by atoms with Gasteiger partial charge in [0.1, 0.15) is 5.83 Å². The lowest BCUT2D eigenvalue weighted by Crippen LogP contribution is -2.02. The molecule has 0 radical (unpaired) electrons. The third kappa shape index (κ3) is 7.11. The number of hydrogen-bond acceptors (Lipinski definition) is 2. The number of allylic oxidation sites excluding steroid dienone is 1. The molecule has 0 bridgehead atoms. The molecule has 2 N–H and O–H groups in total. The average Bonchev–Trinajstić information content (AvgIpc) is 2.18. The van der Waals surface area contributed by atoms with Crippen LogP contribution >= 0.6 is 0 Å². The topological polar surface area (TPSA) is 38.4 Å². The van der Waals surface area contributed by atoms with Gasteiger partial charge in [-0.15, -0.1) is 0 Å². The second-order valence-corrected chi connectivity index (χ2v) is 3.84. The van der Waals surface area contributed by atoms with Gasteiger partial charge < -0.3 is 5.73 Å². The Hall–Kier alpha value is -0.860. The number of hydrogen-bond donors (Lipinski definition) is 1. The van der Waals surface area contributed by atoms with Crippen LogP contribution in [-0.4, -0.2) is 5.71 Å². The number of aliphatic imine (C=N–C) groups is 1. The maximum atomic E-state index is 13.2. The molecular formula is C12H23FN2. The molecule has 0 aromatic heterocycles. The fraction of sp³-hybridized carbons (Fsp3) is 0.750. The molecule has 0 amide bonds. The van der Waals surface area contributed by atoms with E-state index in [-0.39, 0.29) is 11.6 Å². The highest BCUT2D eigenvalue weighted by molar-refractivity contribution is 5.82. The van der Waals surface area contributed by atoms with Crippen LogP contribution in [0.2, 0.25) is 0 Å². The second-order valence-electron chi connectivity index (χ2n) is 3.84. The van der Waals surface area contributed by atoms with Crippen molar-refractivity contribution in [2.45, 2.75) is 59.3 Å². The highest BCUT2D eigenvalue weighted by Crippen LogP contribution is 2.11. The smallest absolute Gasteiger partial charge is 0.155 e. The summed E-state index contributed by atoms with van der Waals surface area (Å²) in [6.07, 6.45) is 5.54. The van der Waals surface area contributed by atoms with Crippen molar-refractivity contribution in [3.8, 4) is 0 Å². The minimum absolute atomic E-state index is 0.0610. The van der Waals surface area contributed by atoms with E-state index in [4.69, 9.17) is 5.73 Å². The van der Waals surface area contributed by atoms with E-state index >= 15 is 0 Å². The second kappa shape index (κ2) is 8.45. The first-order valence-electron chi connectivity index (χ1n) is 5.80. The molecule has 88 valence electrons. The molecule has 0 aromatic carbocycles. The Morgan fingerprint density at radius 3 is 2.33 bits per heavy atom. The monoisotopic (exact) mass is 214 g/mol. The van der Waals surface area contributed by atoms with E-state index in [1.54, 1.807) is 0 Å². The SMILES string of the molecule is CCCCC/C(C)=N\C(N)=C(/F)CCC. The van der Waals surface area contributed by atoms with Crippen molar-refractivity contribution in [2.24, 2.45) is 10.7 Å². The van der Waals surface area contributed by atoms with Gasteiger partial charge in [0.05, 0.1) is 0 Å². The normalized spacial score (nSPS) is 14.0. The predicted molar refractivity (Wildman–Crippen MR) is 64.5 cm³/mol. The minimum atomic E-state index is -0.285. The first-order chi connectivity index (χ1) is 7.11. The van der Waals surface area contributed by atoms with Crippen LogP contribution in [-0.2, 0) is 0 Å². The molecule has 0 fully saturated rings. The summed E-state index contributed by atoms with van der Waals surface area (Å²) in [7, 11) is 0. The summed E-state index contributed by atoms with van der Waals surface area (Å²) >= 11 is 0. The Balaban J connectivity index is 4.15. The van der Waals surface area contributed by atoms with Gasteiger partial charge in [-0.3, -0.25) is 0 Å². The lowest BCUT2D eigenvalue weighted by Gasteiger charge is -2.02. The Labute approximate surface area is 92.5 Å². The molecule has 0 heterocycles. The van der Waals surface area contributed by atoms with Crippen LogP contribution in [0.1, 0.15) is 59.3 Å². The van der Waals surface area contributed by atoms with Crippen LogP contribution in [0.3, 0.4) is 0 Å². The maximum absolute atomic E-state index is 13.2. The van der Waals surface area contributed by atoms with Gasteiger partial charge in [0.25, 0.3) is 0 Å². The van der Waals surface area contributed by atoms with E-state index < -0.39 is 0 Å². The van der Waals surface area contributed by atoms with Crippen LogP contribution in [0.25, 0.3) is 0 Å². The summed E-state index contributed by atoms with van der Waals surface area (Å²) in [6, 6.07) is 0. The fourth-order valence-electron chi connectivity index (χ4n) is 1.30. The van der Waals surface area contributed by atoms with Gasteiger partial charge in [-0.05, 0) is 26.2 Å². The summed E-state index contributed by atoms with van der Waals surface area (Å²) < 4.78 is 13.2. The van der Waals surface area contributed by atoms with Gasteiger partial charge in [0, 0.05) is 12.1 Å². The molecule has 0 saturated heterocycles. The summed E-state index contributed by atoms with van der Waals surface area (Å²) in [4.78, 5) is 4.07. The van der Waals surface area contributed by atoms with Crippen molar-refractivity contribution in [1.82, 2.24) is 0 Å². The molecule has 0 aliphatic heterocycles. The van der Waals surface area contributed by atoms with E-state index in [0.717, 1.165) is 25.0 Å². The van der Waals surface area contributed by atoms with E-state index in [1.165, 1.54) is 12.8 Å². The highest BCUT2D eigenvalue weighted by atomic mass is 19.1. The molecule has 0 aliphatic carbocycles. The van der Waals surface area contributed by atoms with Crippen molar-refractivity contribution in [3.63, 3.8) is 0 Å². The Kier molecular flexibility index (Phi) is 7.96. The number of rotatable bonds is 7. The Bertz CT molecular complexity index is 232. The van der Waals surface area contributed by atoms with Gasteiger partial charge in [-0.25, -0.2) is 9.38 Å². The van der Waals surface area contributed by atoms with Crippen molar-refractivity contribution in [1.29, 1.82) is 0 Å². The van der Waals surface area contributed by atoms with Gasteiger partial charge in [-0.1, -0.05) is 26.7 Å². The van der Waals surface area contributed by atoms with Crippen molar-refractivity contribution in [3.05, 3.63) is 11.6 Å². The first-order valence-corrected chi connectivity index (χ1v) is 5.80. The Morgan fingerprint density at radius 2 is 1.80 bits per heavy atom. The third-order valence-corrected chi connectivity index (χ3v) is 2.20. The van der Waals surface area contributed by atoms with Gasteiger partial charge in [0.15, 0.2) is 5.82 Å². The van der Waals surface area contributed by atoms with E-state index in [2.05, 4.69) is 11.9 Å². The standard InChI is InChI=1S/C12H23FN2/c1-4-6-7-9-10(3)15-12(14)11(13)8-5-2/h4-9,14H2,1-3H3/b12-11-,15-10-. The van der Waals surface area contributed by atoms with Gasteiger partial charge in [0.2, 0.25) is 0 Å². The zero-order valence-electron chi connectivity index (χ0n) is 10.1. The lowest BCUT2D eigenvalue weighted by atomic mass is 10.1. The van der Waals surface area contributed by atoms with Crippen molar-refractivity contribution >= 4 is 5.71 Å². The predicted octanol–water partition coefficient (Wildman–Crippen LogP) is 3.93. The molecule has 0 aliphatic rings. The quantitative estimate of drug-likeness (QED) is 0.506. The lowest BCUT2D eigenvalue weighted by molar-refractivity contribution is 0.568. The van der Waals surface area contributed by atoms with Crippen LogP contribution in [0, 0.1) is 0 Å². The summed E-state index contributed by atoms with van der Waals surface area (Å²) in [5.41, 5.74) is 6.45. The number of unbranched alkanes of at least 4 members (excludes halogenated alkanes) is 2. The molecular weight excluding hydrogens is 191 g/mol. The molecule has 0 aromatic rings.